The standard InChI is InChI=1S/C25H25FN2O3S/c1-14-20-9-21(32-23(20)28(27-14)19-4-2-18(26)3-5-19)24(30)31-13-22(29)25-10-15-6-16(11-25)8-17(7-15)12-25/h2-5,9,15-17H,6-8,10-13H2,1H3. The summed E-state index contributed by atoms with van der Waals surface area (Å²) in [4.78, 5) is 27.2. The first kappa shape index (κ1) is 20.1. The highest BCUT2D eigenvalue weighted by atomic mass is 32.1. The zero-order valence-electron chi connectivity index (χ0n) is 18.0. The number of carbonyl (C=O) groups excluding carboxylic acids is 2. The molecule has 4 aliphatic carbocycles. The molecule has 7 rings (SSSR count). The molecule has 4 fully saturated rings. The summed E-state index contributed by atoms with van der Waals surface area (Å²) in [5.74, 6) is 1.38. The minimum absolute atomic E-state index is 0.111. The maximum atomic E-state index is 13.3. The van der Waals surface area contributed by atoms with E-state index in [4.69, 9.17) is 4.74 Å². The van der Waals surface area contributed by atoms with E-state index in [9.17, 15) is 14.0 Å². The number of halogens is 1. The first-order valence-electron chi connectivity index (χ1n) is 11.4. The molecule has 2 aromatic heterocycles. The Hall–Kier alpha value is -2.54. The largest absolute Gasteiger partial charge is 0.453 e. The molecule has 0 saturated heterocycles. The fourth-order valence-corrected chi connectivity index (χ4v) is 7.79. The predicted octanol–water partition coefficient (Wildman–Crippen LogP) is 5.48. The highest BCUT2D eigenvalue weighted by molar-refractivity contribution is 7.20. The lowest BCUT2D eigenvalue weighted by molar-refractivity contribution is -0.147. The Kier molecular flexibility index (Phi) is 4.54. The van der Waals surface area contributed by atoms with Crippen molar-refractivity contribution in [3.05, 3.63) is 46.7 Å². The number of ketones is 1. The Labute approximate surface area is 189 Å². The molecule has 1 aromatic carbocycles. The molecule has 32 heavy (non-hydrogen) atoms. The van der Waals surface area contributed by atoms with Crippen LogP contribution >= 0.6 is 11.3 Å². The number of aromatic nitrogens is 2. The van der Waals surface area contributed by atoms with Crippen LogP contribution in [0.1, 0.15) is 53.9 Å². The average molecular weight is 453 g/mol. The Bertz CT molecular complexity index is 1190. The van der Waals surface area contributed by atoms with Crippen molar-refractivity contribution in [2.75, 3.05) is 6.61 Å². The minimum Gasteiger partial charge on any atom is -0.453 e. The number of ether oxygens (including phenoxy) is 1. The normalized spacial score (nSPS) is 28.4. The summed E-state index contributed by atoms with van der Waals surface area (Å²) in [6, 6.07) is 7.86. The number of carbonyl (C=O) groups is 2. The Balaban J connectivity index is 1.19. The zero-order chi connectivity index (χ0) is 22.0. The number of rotatable bonds is 5. The van der Waals surface area contributed by atoms with E-state index in [-0.39, 0.29) is 23.6 Å². The van der Waals surface area contributed by atoms with E-state index >= 15 is 0 Å². The molecule has 0 radical (unpaired) electrons. The number of esters is 1. The molecule has 0 atom stereocenters. The van der Waals surface area contributed by atoms with Crippen molar-refractivity contribution in [1.29, 1.82) is 0 Å². The molecule has 7 heteroatoms. The topological polar surface area (TPSA) is 61.2 Å². The molecule has 0 unspecified atom stereocenters. The van der Waals surface area contributed by atoms with Crippen molar-refractivity contribution in [1.82, 2.24) is 9.78 Å². The minimum atomic E-state index is -0.464. The van der Waals surface area contributed by atoms with Gasteiger partial charge in [-0.25, -0.2) is 13.9 Å². The summed E-state index contributed by atoms with van der Waals surface area (Å²) in [5, 5.41) is 5.39. The molecule has 5 nitrogen and oxygen atoms in total. The van der Waals surface area contributed by atoms with Gasteiger partial charge in [-0.05, 0) is 93.5 Å². The molecule has 0 spiro atoms. The third-order valence-corrected chi connectivity index (χ3v) is 8.87. The number of hydrogen-bond acceptors (Lipinski definition) is 5. The quantitative estimate of drug-likeness (QED) is 0.481. The maximum Gasteiger partial charge on any atom is 0.348 e. The fourth-order valence-electron chi connectivity index (χ4n) is 6.71. The lowest BCUT2D eigenvalue weighted by Crippen LogP contribution is -2.51. The lowest BCUT2D eigenvalue weighted by Gasteiger charge is -2.55. The van der Waals surface area contributed by atoms with E-state index in [1.807, 2.05) is 6.92 Å². The number of hydrogen-bond donors (Lipinski definition) is 0. The van der Waals surface area contributed by atoms with Gasteiger partial charge >= 0.3 is 5.97 Å². The van der Waals surface area contributed by atoms with Crippen molar-refractivity contribution >= 4 is 33.3 Å². The number of Topliss-reactive ketones (excluding diaryl/α,β-unsaturated/α-hetero) is 1. The van der Waals surface area contributed by atoms with Gasteiger partial charge in [-0.15, -0.1) is 11.3 Å². The average Bonchev–Trinajstić information content (AvgIpc) is 3.32. The van der Waals surface area contributed by atoms with Gasteiger partial charge in [0.1, 0.15) is 15.5 Å². The predicted molar refractivity (Wildman–Crippen MR) is 120 cm³/mol. The second-order valence-corrected chi connectivity index (χ2v) is 11.0. The third kappa shape index (κ3) is 3.20. The van der Waals surface area contributed by atoms with Crippen LogP contribution in [0.15, 0.2) is 30.3 Å². The zero-order valence-corrected chi connectivity index (χ0v) is 18.8. The first-order valence-corrected chi connectivity index (χ1v) is 12.2. The highest BCUT2D eigenvalue weighted by Crippen LogP contribution is 2.60. The number of aryl methyl sites for hydroxylation is 1. The van der Waals surface area contributed by atoms with Crippen molar-refractivity contribution in [3.8, 4) is 5.69 Å². The summed E-state index contributed by atoms with van der Waals surface area (Å²) < 4.78 is 20.5. The SMILES string of the molecule is Cc1nn(-c2ccc(F)cc2)c2sc(C(=O)OCC(=O)C34CC5CC(CC(C5)C3)C4)cc12. The van der Waals surface area contributed by atoms with Gasteiger partial charge in [0.15, 0.2) is 12.4 Å². The number of benzene rings is 1. The Morgan fingerprint density at radius 1 is 1.12 bits per heavy atom. The van der Waals surface area contributed by atoms with Crippen LogP contribution in [-0.4, -0.2) is 28.1 Å². The van der Waals surface area contributed by atoms with Crippen LogP contribution in [0.4, 0.5) is 4.39 Å². The number of nitrogens with zero attached hydrogens (tertiary/aromatic N) is 2. The van der Waals surface area contributed by atoms with E-state index in [1.165, 1.54) is 42.7 Å². The molecule has 166 valence electrons. The summed E-state index contributed by atoms with van der Waals surface area (Å²) in [6.45, 7) is 1.74. The van der Waals surface area contributed by atoms with Crippen molar-refractivity contribution in [3.63, 3.8) is 0 Å². The summed E-state index contributed by atoms with van der Waals surface area (Å²) >= 11 is 1.28. The van der Waals surface area contributed by atoms with Crippen molar-refractivity contribution < 1.29 is 18.7 Å². The van der Waals surface area contributed by atoms with Gasteiger partial charge in [0.25, 0.3) is 0 Å². The van der Waals surface area contributed by atoms with Gasteiger partial charge in [-0.1, -0.05) is 0 Å². The van der Waals surface area contributed by atoms with Gasteiger partial charge in [-0.3, -0.25) is 4.79 Å². The van der Waals surface area contributed by atoms with E-state index in [0.29, 0.717) is 22.6 Å². The molecule has 4 aliphatic rings. The van der Waals surface area contributed by atoms with E-state index in [2.05, 4.69) is 5.10 Å². The van der Waals surface area contributed by atoms with Crippen molar-refractivity contribution in [2.45, 2.75) is 45.4 Å². The first-order chi connectivity index (χ1) is 15.4. The van der Waals surface area contributed by atoms with Crippen LogP contribution in [0.3, 0.4) is 0 Å². The van der Waals surface area contributed by atoms with Crippen LogP contribution < -0.4 is 0 Å². The summed E-state index contributed by atoms with van der Waals surface area (Å²) in [6.07, 6.45) is 6.76. The molecule has 0 N–H and O–H groups in total. The fraction of sp³-hybridized carbons (Fsp3) is 0.480. The van der Waals surface area contributed by atoms with Crippen LogP contribution in [0.5, 0.6) is 0 Å². The Morgan fingerprint density at radius 3 is 2.38 bits per heavy atom. The van der Waals surface area contributed by atoms with Gasteiger partial charge in [0.05, 0.1) is 11.4 Å². The third-order valence-electron chi connectivity index (χ3n) is 7.78. The molecule has 0 aliphatic heterocycles. The van der Waals surface area contributed by atoms with E-state index in [0.717, 1.165) is 40.9 Å². The second-order valence-electron chi connectivity index (χ2n) is 10.0. The van der Waals surface area contributed by atoms with Crippen LogP contribution in [0.25, 0.3) is 15.9 Å². The molecule has 0 amide bonds. The molecular formula is C25H25FN2O3S. The van der Waals surface area contributed by atoms with Gasteiger partial charge in [-0.2, -0.15) is 5.10 Å². The number of thiophene rings is 1. The highest BCUT2D eigenvalue weighted by Gasteiger charge is 2.54. The second kappa shape index (κ2) is 7.24. The van der Waals surface area contributed by atoms with Gasteiger partial charge < -0.3 is 4.74 Å². The lowest BCUT2D eigenvalue weighted by atomic mass is 9.48. The maximum absolute atomic E-state index is 13.3. The monoisotopic (exact) mass is 452 g/mol. The summed E-state index contributed by atoms with van der Waals surface area (Å²) in [5.41, 5.74) is 1.25. The molecule has 4 bridgehead atoms. The van der Waals surface area contributed by atoms with E-state index in [1.54, 1.807) is 22.9 Å². The van der Waals surface area contributed by atoms with Crippen LogP contribution in [0, 0.1) is 35.9 Å². The van der Waals surface area contributed by atoms with Crippen LogP contribution in [-0.2, 0) is 9.53 Å². The van der Waals surface area contributed by atoms with Gasteiger partial charge in [0.2, 0.25) is 0 Å². The molecule has 4 saturated carbocycles. The molecule has 3 aromatic rings. The van der Waals surface area contributed by atoms with Crippen molar-refractivity contribution in [2.24, 2.45) is 23.2 Å². The Morgan fingerprint density at radius 2 is 1.75 bits per heavy atom. The molecular weight excluding hydrogens is 427 g/mol. The number of fused-ring (bicyclic) bond motifs is 1. The van der Waals surface area contributed by atoms with E-state index < -0.39 is 5.97 Å². The van der Waals surface area contributed by atoms with Gasteiger partial charge in [0, 0.05) is 10.8 Å². The van der Waals surface area contributed by atoms with Crippen LogP contribution in [0.2, 0.25) is 0 Å². The smallest absolute Gasteiger partial charge is 0.348 e. The molecule has 2 heterocycles. The summed E-state index contributed by atoms with van der Waals surface area (Å²) in [7, 11) is 0.